The van der Waals surface area contributed by atoms with Crippen LogP contribution in [0.4, 0.5) is 0 Å². The van der Waals surface area contributed by atoms with Gasteiger partial charge in [0, 0.05) is 5.54 Å². The second-order valence-corrected chi connectivity index (χ2v) is 5.56. The highest BCUT2D eigenvalue weighted by molar-refractivity contribution is 5.12. The van der Waals surface area contributed by atoms with Gasteiger partial charge in [-0.2, -0.15) is 0 Å². The summed E-state index contributed by atoms with van der Waals surface area (Å²) in [4.78, 5) is 0. The first-order chi connectivity index (χ1) is 5.87. The molecule has 0 aliphatic heterocycles. The molecule has 1 unspecified atom stereocenters. The molecule has 1 aliphatic rings. The molecule has 0 heterocycles. The minimum absolute atomic E-state index is 0.0353. The Hall–Kier alpha value is -0.300. The average molecular weight is 181 g/mol. The largest absolute Gasteiger partial charge is 0.325 e. The second-order valence-electron chi connectivity index (χ2n) is 5.56. The third-order valence-electron chi connectivity index (χ3n) is 2.91. The Labute approximate surface area is 82.4 Å². The lowest BCUT2D eigenvalue weighted by Gasteiger charge is -2.43. The van der Waals surface area contributed by atoms with Crippen LogP contribution in [0.2, 0.25) is 0 Å². The molecule has 76 valence electrons. The molecule has 1 atom stereocenters. The van der Waals surface area contributed by atoms with Crippen LogP contribution < -0.4 is 5.73 Å². The van der Waals surface area contributed by atoms with Crippen molar-refractivity contribution in [3.05, 3.63) is 12.2 Å². The Morgan fingerprint density at radius 1 is 1.38 bits per heavy atom. The van der Waals surface area contributed by atoms with Gasteiger partial charge in [-0.1, -0.05) is 39.3 Å². The molecule has 0 spiro atoms. The van der Waals surface area contributed by atoms with Crippen LogP contribution in [0.5, 0.6) is 0 Å². The van der Waals surface area contributed by atoms with Gasteiger partial charge in [0.25, 0.3) is 0 Å². The molecular formula is C12H23N. The van der Waals surface area contributed by atoms with Gasteiger partial charge in [0.2, 0.25) is 0 Å². The first kappa shape index (κ1) is 10.8. The van der Waals surface area contributed by atoms with Crippen molar-refractivity contribution in [2.45, 2.75) is 58.4 Å². The van der Waals surface area contributed by atoms with E-state index < -0.39 is 0 Å². The minimum atomic E-state index is 0.0353. The number of nitrogens with two attached hydrogens (primary N) is 1. The lowest BCUT2D eigenvalue weighted by molar-refractivity contribution is 0.181. The van der Waals surface area contributed by atoms with E-state index in [1.165, 1.54) is 12.0 Å². The molecule has 1 nitrogen and oxygen atoms in total. The predicted molar refractivity (Wildman–Crippen MR) is 58.6 cm³/mol. The summed E-state index contributed by atoms with van der Waals surface area (Å²) in [6, 6.07) is 0. The summed E-state index contributed by atoms with van der Waals surface area (Å²) in [5, 5.41) is 0. The van der Waals surface area contributed by atoms with Crippen LogP contribution in [-0.4, -0.2) is 5.54 Å². The van der Waals surface area contributed by atoms with E-state index >= 15 is 0 Å². The normalized spacial score (nSPS) is 33.4. The van der Waals surface area contributed by atoms with Gasteiger partial charge in [-0.05, 0) is 31.1 Å². The highest BCUT2D eigenvalue weighted by Gasteiger charge is 2.37. The van der Waals surface area contributed by atoms with E-state index in [2.05, 4.69) is 27.4 Å². The molecule has 1 heteroatoms. The molecule has 0 aromatic rings. The van der Waals surface area contributed by atoms with Gasteiger partial charge >= 0.3 is 0 Å². The fourth-order valence-electron chi connectivity index (χ4n) is 2.99. The fourth-order valence-corrected chi connectivity index (χ4v) is 2.99. The van der Waals surface area contributed by atoms with Crippen LogP contribution in [-0.2, 0) is 0 Å². The molecule has 0 bridgehead atoms. The molecule has 0 amide bonds. The van der Waals surface area contributed by atoms with Crippen LogP contribution in [0, 0.1) is 5.41 Å². The predicted octanol–water partition coefficient (Wildman–Crippen LogP) is 3.25. The maximum Gasteiger partial charge on any atom is 0.0196 e. The summed E-state index contributed by atoms with van der Waals surface area (Å²) < 4.78 is 0. The Bertz CT molecular complexity index is 205. The lowest BCUT2D eigenvalue weighted by atomic mass is 9.65. The molecule has 1 rings (SSSR count). The number of rotatable bonds is 2. The van der Waals surface area contributed by atoms with Crippen LogP contribution >= 0.6 is 0 Å². The van der Waals surface area contributed by atoms with E-state index in [1.807, 2.05) is 0 Å². The van der Waals surface area contributed by atoms with Crippen molar-refractivity contribution in [2.24, 2.45) is 11.1 Å². The van der Waals surface area contributed by atoms with Gasteiger partial charge in [-0.3, -0.25) is 0 Å². The molecule has 1 saturated carbocycles. The van der Waals surface area contributed by atoms with Gasteiger partial charge in [0.1, 0.15) is 0 Å². The van der Waals surface area contributed by atoms with E-state index in [0.29, 0.717) is 5.41 Å². The van der Waals surface area contributed by atoms with E-state index in [0.717, 1.165) is 25.7 Å². The van der Waals surface area contributed by atoms with Gasteiger partial charge in [0.15, 0.2) is 0 Å². The van der Waals surface area contributed by atoms with Crippen molar-refractivity contribution in [1.82, 2.24) is 0 Å². The van der Waals surface area contributed by atoms with E-state index in [-0.39, 0.29) is 5.54 Å². The third-order valence-corrected chi connectivity index (χ3v) is 2.91. The molecule has 1 fully saturated rings. The van der Waals surface area contributed by atoms with Crippen molar-refractivity contribution in [1.29, 1.82) is 0 Å². The molecule has 0 radical (unpaired) electrons. The van der Waals surface area contributed by atoms with Crippen molar-refractivity contribution < 1.29 is 0 Å². The number of hydrogen-bond donors (Lipinski definition) is 1. The van der Waals surface area contributed by atoms with Gasteiger partial charge in [0.05, 0.1) is 0 Å². The monoisotopic (exact) mass is 181 g/mol. The fraction of sp³-hybridized carbons (Fsp3) is 0.833. The Balaban J connectivity index is 2.72. The van der Waals surface area contributed by atoms with Crippen molar-refractivity contribution in [3.8, 4) is 0 Å². The molecule has 1 aliphatic carbocycles. The Kier molecular flexibility index (Phi) is 2.86. The topological polar surface area (TPSA) is 26.0 Å². The van der Waals surface area contributed by atoms with Gasteiger partial charge in [-0.15, -0.1) is 0 Å². The quantitative estimate of drug-likeness (QED) is 0.650. The SMILES string of the molecule is C=C1CC(C)(C)CC(N)(CCC)C1. The summed E-state index contributed by atoms with van der Waals surface area (Å²) in [6.07, 6.45) is 5.64. The number of hydrogen-bond acceptors (Lipinski definition) is 1. The van der Waals surface area contributed by atoms with Crippen LogP contribution in [0.1, 0.15) is 52.9 Å². The Morgan fingerprint density at radius 3 is 2.46 bits per heavy atom. The van der Waals surface area contributed by atoms with Crippen LogP contribution in [0.15, 0.2) is 12.2 Å². The van der Waals surface area contributed by atoms with Crippen LogP contribution in [0.3, 0.4) is 0 Å². The smallest absolute Gasteiger partial charge is 0.0196 e. The zero-order valence-corrected chi connectivity index (χ0v) is 9.32. The van der Waals surface area contributed by atoms with Gasteiger partial charge < -0.3 is 5.73 Å². The standard InChI is InChI=1S/C12H23N/c1-5-6-12(13)8-10(2)7-11(3,4)9-12/h2,5-9,13H2,1,3-4H3. The minimum Gasteiger partial charge on any atom is -0.325 e. The zero-order chi connectivity index (χ0) is 10.1. The summed E-state index contributed by atoms with van der Waals surface area (Å²) in [7, 11) is 0. The molecule has 0 aromatic heterocycles. The summed E-state index contributed by atoms with van der Waals surface area (Å²) in [5.74, 6) is 0. The van der Waals surface area contributed by atoms with Crippen LogP contribution in [0.25, 0.3) is 0 Å². The zero-order valence-electron chi connectivity index (χ0n) is 9.32. The molecule has 0 saturated heterocycles. The first-order valence-electron chi connectivity index (χ1n) is 5.32. The average Bonchev–Trinajstić information content (AvgIpc) is 1.78. The molecular weight excluding hydrogens is 158 g/mol. The Morgan fingerprint density at radius 2 is 2.00 bits per heavy atom. The maximum absolute atomic E-state index is 6.37. The van der Waals surface area contributed by atoms with Gasteiger partial charge in [-0.25, -0.2) is 0 Å². The van der Waals surface area contributed by atoms with E-state index in [9.17, 15) is 0 Å². The van der Waals surface area contributed by atoms with E-state index in [1.54, 1.807) is 0 Å². The van der Waals surface area contributed by atoms with Crippen molar-refractivity contribution >= 4 is 0 Å². The highest BCUT2D eigenvalue weighted by atomic mass is 14.8. The molecule has 13 heavy (non-hydrogen) atoms. The molecule has 2 N–H and O–H groups in total. The first-order valence-corrected chi connectivity index (χ1v) is 5.32. The maximum atomic E-state index is 6.37. The molecule has 0 aromatic carbocycles. The van der Waals surface area contributed by atoms with Crippen molar-refractivity contribution in [3.63, 3.8) is 0 Å². The summed E-state index contributed by atoms with van der Waals surface area (Å²) >= 11 is 0. The summed E-state index contributed by atoms with van der Waals surface area (Å²) in [6.45, 7) is 10.9. The lowest BCUT2D eigenvalue weighted by Crippen LogP contribution is -2.47. The summed E-state index contributed by atoms with van der Waals surface area (Å²) in [5.41, 5.74) is 8.11. The van der Waals surface area contributed by atoms with Crippen molar-refractivity contribution in [2.75, 3.05) is 0 Å². The second kappa shape index (κ2) is 3.45. The third kappa shape index (κ3) is 2.84. The highest BCUT2D eigenvalue weighted by Crippen LogP contribution is 2.43. The van der Waals surface area contributed by atoms with E-state index in [4.69, 9.17) is 5.73 Å².